The van der Waals surface area contributed by atoms with Gasteiger partial charge in [0.25, 0.3) is 0 Å². The van der Waals surface area contributed by atoms with E-state index in [4.69, 9.17) is 4.74 Å². The van der Waals surface area contributed by atoms with Gasteiger partial charge in [0.15, 0.2) is 0 Å². The highest BCUT2D eigenvalue weighted by atomic mass is 32.1. The summed E-state index contributed by atoms with van der Waals surface area (Å²) in [5.41, 5.74) is 2.06. The lowest BCUT2D eigenvalue weighted by atomic mass is 10.2. The molecule has 0 spiro atoms. The van der Waals surface area contributed by atoms with Crippen LogP contribution in [0.1, 0.15) is 5.69 Å². The normalized spacial score (nSPS) is 10.3. The van der Waals surface area contributed by atoms with Crippen LogP contribution in [0.15, 0.2) is 42.0 Å². The van der Waals surface area contributed by atoms with Crippen LogP contribution in [0, 0.1) is 0 Å². The summed E-state index contributed by atoms with van der Waals surface area (Å²) >= 11 is 1.62. The zero-order valence-electron chi connectivity index (χ0n) is 12.9. The van der Waals surface area contributed by atoms with Crippen molar-refractivity contribution in [3.05, 3.63) is 47.7 Å². The van der Waals surface area contributed by atoms with Crippen molar-refractivity contribution in [3.63, 3.8) is 0 Å². The second-order valence-corrected chi connectivity index (χ2v) is 5.62. The fourth-order valence-corrected chi connectivity index (χ4v) is 2.85. The lowest BCUT2D eigenvalue weighted by Crippen LogP contribution is -2.03. The molecule has 2 heterocycles. The van der Waals surface area contributed by atoms with Crippen LogP contribution in [0.3, 0.4) is 0 Å². The fraction of sp³-hybridized carbons (Fsp3) is 0.188. The van der Waals surface area contributed by atoms with Crippen molar-refractivity contribution >= 4 is 23.0 Å². The first-order valence-electron chi connectivity index (χ1n) is 7.11. The smallest absolute Gasteiger partial charge is 0.131 e. The van der Waals surface area contributed by atoms with Gasteiger partial charge in [0.1, 0.15) is 28.7 Å². The van der Waals surface area contributed by atoms with E-state index in [0.717, 1.165) is 33.7 Å². The molecule has 0 aliphatic rings. The lowest BCUT2D eigenvalue weighted by Gasteiger charge is -2.05. The van der Waals surface area contributed by atoms with Gasteiger partial charge in [-0.05, 0) is 24.3 Å². The Hall–Kier alpha value is -2.67. The number of thiazole rings is 1. The van der Waals surface area contributed by atoms with E-state index in [0.29, 0.717) is 6.54 Å². The van der Waals surface area contributed by atoms with Gasteiger partial charge < -0.3 is 15.4 Å². The molecule has 0 atom stereocenters. The molecule has 0 aliphatic heterocycles. The molecule has 0 saturated carbocycles. The molecule has 23 heavy (non-hydrogen) atoms. The average molecular weight is 327 g/mol. The van der Waals surface area contributed by atoms with Crippen LogP contribution >= 0.6 is 11.3 Å². The van der Waals surface area contributed by atoms with E-state index in [2.05, 4.69) is 25.6 Å². The van der Waals surface area contributed by atoms with E-state index in [1.807, 2.05) is 42.8 Å². The highest BCUT2D eigenvalue weighted by Gasteiger charge is 2.06. The maximum Gasteiger partial charge on any atom is 0.131 e. The summed E-state index contributed by atoms with van der Waals surface area (Å²) in [6.07, 6.45) is 1.53. The third kappa shape index (κ3) is 3.75. The topological polar surface area (TPSA) is 72.0 Å². The van der Waals surface area contributed by atoms with Crippen molar-refractivity contribution in [1.29, 1.82) is 0 Å². The number of nitrogens with one attached hydrogen (secondary N) is 2. The predicted octanol–water partition coefficient (Wildman–Crippen LogP) is 3.26. The maximum atomic E-state index is 5.17. The summed E-state index contributed by atoms with van der Waals surface area (Å²) in [7, 11) is 3.49. The number of ether oxygens (including phenoxy) is 1. The molecule has 2 N–H and O–H groups in total. The van der Waals surface area contributed by atoms with E-state index < -0.39 is 0 Å². The average Bonchev–Trinajstić information content (AvgIpc) is 3.09. The molecule has 0 amide bonds. The maximum absolute atomic E-state index is 5.17. The van der Waals surface area contributed by atoms with Crippen LogP contribution in [-0.4, -0.2) is 29.1 Å². The number of hydrogen-bond acceptors (Lipinski definition) is 7. The number of nitrogens with zero attached hydrogens (tertiary/aromatic N) is 3. The van der Waals surface area contributed by atoms with E-state index in [-0.39, 0.29) is 0 Å². The van der Waals surface area contributed by atoms with E-state index in [9.17, 15) is 0 Å². The van der Waals surface area contributed by atoms with Crippen molar-refractivity contribution in [2.24, 2.45) is 0 Å². The van der Waals surface area contributed by atoms with Crippen LogP contribution in [0.4, 0.5) is 11.6 Å². The Balaban J connectivity index is 1.66. The summed E-state index contributed by atoms with van der Waals surface area (Å²) < 4.78 is 5.17. The van der Waals surface area contributed by atoms with Gasteiger partial charge in [-0.2, -0.15) is 0 Å². The molecule has 1 aromatic carbocycles. The monoisotopic (exact) mass is 327 g/mol. The second kappa shape index (κ2) is 7.06. The van der Waals surface area contributed by atoms with Crippen LogP contribution in [0.25, 0.3) is 10.6 Å². The summed E-state index contributed by atoms with van der Waals surface area (Å²) in [6.45, 7) is 0.618. The van der Waals surface area contributed by atoms with Gasteiger partial charge in [0, 0.05) is 24.1 Å². The van der Waals surface area contributed by atoms with Crippen molar-refractivity contribution in [2.45, 2.75) is 6.54 Å². The highest BCUT2D eigenvalue weighted by molar-refractivity contribution is 7.13. The zero-order valence-corrected chi connectivity index (χ0v) is 13.7. The van der Waals surface area contributed by atoms with Crippen molar-refractivity contribution in [3.8, 4) is 16.3 Å². The molecule has 3 rings (SSSR count). The summed E-state index contributed by atoms with van der Waals surface area (Å²) in [5, 5.41) is 9.27. The number of methoxy groups -OCH3 is 1. The standard InChI is InChI=1S/C16H17N5OS/c1-17-14-7-15(20-10-19-14)18-8-12-9-23-16(21-12)11-3-5-13(22-2)6-4-11/h3-7,9-10H,8H2,1-2H3,(H2,17,18,19,20). The van der Waals surface area contributed by atoms with Crippen LogP contribution in [0.5, 0.6) is 5.75 Å². The Labute approximate surface area is 138 Å². The Morgan fingerprint density at radius 3 is 2.65 bits per heavy atom. The molecule has 0 aliphatic carbocycles. The molecule has 0 unspecified atom stereocenters. The van der Waals surface area contributed by atoms with Crippen molar-refractivity contribution < 1.29 is 4.74 Å². The van der Waals surface area contributed by atoms with Gasteiger partial charge in [0.2, 0.25) is 0 Å². The Kier molecular flexibility index (Phi) is 4.68. The molecule has 3 aromatic rings. The van der Waals surface area contributed by atoms with Crippen LogP contribution in [0.2, 0.25) is 0 Å². The zero-order chi connectivity index (χ0) is 16.1. The summed E-state index contributed by atoms with van der Waals surface area (Å²) in [4.78, 5) is 12.9. The molecule has 118 valence electrons. The summed E-state index contributed by atoms with van der Waals surface area (Å²) in [5.74, 6) is 2.39. The first-order chi connectivity index (χ1) is 11.3. The number of hydrogen-bond donors (Lipinski definition) is 2. The van der Waals surface area contributed by atoms with Crippen molar-refractivity contribution in [1.82, 2.24) is 15.0 Å². The van der Waals surface area contributed by atoms with E-state index in [1.54, 1.807) is 18.4 Å². The van der Waals surface area contributed by atoms with Crippen LogP contribution in [-0.2, 0) is 6.54 Å². The summed E-state index contributed by atoms with van der Waals surface area (Å²) in [6, 6.07) is 9.76. The Morgan fingerprint density at radius 2 is 1.91 bits per heavy atom. The van der Waals surface area contributed by atoms with Gasteiger partial charge in [-0.25, -0.2) is 15.0 Å². The molecular weight excluding hydrogens is 310 g/mol. The second-order valence-electron chi connectivity index (χ2n) is 4.76. The molecule has 0 radical (unpaired) electrons. The number of anilines is 2. The molecule has 6 nitrogen and oxygen atoms in total. The molecule has 2 aromatic heterocycles. The predicted molar refractivity (Wildman–Crippen MR) is 93.0 cm³/mol. The minimum absolute atomic E-state index is 0.618. The number of rotatable bonds is 6. The molecule has 0 fully saturated rings. The van der Waals surface area contributed by atoms with Gasteiger partial charge in [-0.3, -0.25) is 0 Å². The van der Waals surface area contributed by atoms with Gasteiger partial charge in [-0.15, -0.1) is 11.3 Å². The van der Waals surface area contributed by atoms with Crippen molar-refractivity contribution in [2.75, 3.05) is 24.8 Å². The lowest BCUT2D eigenvalue weighted by molar-refractivity contribution is 0.415. The minimum Gasteiger partial charge on any atom is -0.497 e. The highest BCUT2D eigenvalue weighted by Crippen LogP contribution is 2.26. The molecule has 0 saturated heterocycles. The van der Waals surface area contributed by atoms with Crippen LogP contribution < -0.4 is 15.4 Å². The van der Waals surface area contributed by atoms with Gasteiger partial charge in [-0.1, -0.05) is 0 Å². The Bertz CT molecular complexity index is 772. The third-order valence-electron chi connectivity index (χ3n) is 3.26. The molecular formula is C16H17N5OS. The third-order valence-corrected chi connectivity index (χ3v) is 4.20. The Morgan fingerprint density at radius 1 is 1.13 bits per heavy atom. The first-order valence-corrected chi connectivity index (χ1v) is 7.99. The minimum atomic E-state index is 0.618. The first kappa shape index (κ1) is 15.2. The molecule has 7 heteroatoms. The van der Waals surface area contributed by atoms with Gasteiger partial charge in [0.05, 0.1) is 19.3 Å². The fourth-order valence-electron chi connectivity index (χ4n) is 2.03. The number of aromatic nitrogens is 3. The quantitative estimate of drug-likeness (QED) is 0.724. The SMILES string of the molecule is CNc1cc(NCc2csc(-c3ccc(OC)cc3)n2)ncn1. The van der Waals surface area contributed by atoms with E-state index >= 15 is 0 Å². The number of benzene rings is 1. The largest absolute Gasteiger partial charge is 0.497 e. The van der Waals surface area contributed by atoms with Gasteiger partial charge >= 0.3 is 0 Å². The van der Waals surface area contributed by atoms with E-state index in [1.165, 1.54) is 6.33 Å². The molecule has 0 bridgehead atoms.